The molecule has 2 aromatic heterocycles. The van der Waals surface area contributed by atoms with Gasteiger partial charge in [0.1, 0.15) is 17.2 Å². The second-order valence-corrected chi connectivity index (χ2v) is 6.60. The van der Waals surface area contributed by atoms with Crippen molar-refractivity contribution in [3.8, 4) is 5.75 Å². The van der Waals surface area contributed by atoms with E-state index in [0.29, 0.717) is 23.0 Å². The molecule has 0 aliphatic heterocycles. The van der Waals surface area contributed by atoms with Crippen molar-refractivity contribution in [3.05, 3.63) is 47.7 Å². The number of fused-ring (bicyclic) bond motifs is 1. The number of amides is 1. The third kappa shape index (κ3) is 2.77. The third-order valence-electron chi connectivity index (χ3n) is 4.87. The van der Waals surface area contributed by atoms with E-state index in [1.165, 1.54) is 0 Å². The van der Waals surface area contributed by atoms with Gasteiger partial charge in [0, 0.05) is 36.5 Å². The average molecular weight is 339 g/mol. The number of ether oxygens (including phenoxy) is 1. The van der Waals surface area contributed by atoms with Crippen LogP contribution < -0.4 is 10.1 Å². The molecule has 2 heterocycles. The summed E-state index contributed by atoms with van der Waals surface area (Å²) >= 11 is 0. The number of aromatic nitrogens is 2. The molecule has 4 rings (SSSR count). The molecule has 0 radical (unpaired) electrons. The number of carbonyl (C=O) groups excluding carboxylic acids is 1. The molecular weight excluding hydrogens is 318 g/mol. The van der Waals surface area contributed by atoms with Crippen molar-refractivity contribution < 1.29 is 13.9 Å². The summed E-state index contributed by atoms with van der Waals surface area (Å²) in [4.78, 5) is 17.3. The van der Waals surface area contributed by atoms with E-state index in [-0.39, 0.29) is 11.9 Å². The Balaban J connectivity index is 1.65. The molecule has 1 N–H and O–H groups in total. The normalized spacial score (nSPS) is 15.3. The molecule has 6 heteroatoms. The van der Waals surface area contributed by atoms with Gasteiger partial charge in [-0.1, -0.05) is 0 Å². The van der Waals surface area contributed by atoms with Crippen LogP contribution in [0.4, 0.5) is 0 Å². The second-order valence-electron chi connectivity index (χ2n) is 6.60. The molecule has 0 spiro atoms. The molecule has 25 heavy (non-hydrogen) atoms. The summed E-state index contributed by atoms with van der Waals surface area (Å²) < 4.78 is 13.0. The molecule has 1 atom stereocenters. The first-order valence-electron chi connectivity index (χ1n) is 8.43. The van der Waals surface area contributed by atoms with Crippen molar-refractivity contribution in [1.82, 2.24) is 14.9 Å². The van der Waals surface area contributed by atoms with E-state index in [9.17, 15) is 4.79 Å². The first-order valence-corrected chi connectivity index (χ1v) is 8.43. The number of imidazole rings is 1. The van der Waals surface area contributed by atoms with Gasteiger partial charge in [-0.25, -0.2) is 4.98 Å². The van der Waals surface area contributed by atoms with E-state index in [1.807, 2.05) is 36.9 Å². The zero-order valence-corrected chi connectivity index (χ0v) is 14.6. The molecule has 3 aromatic rings. The van der Waals surface area contributed by atoms with Crippen molar-refractivity contribution >= 4 is 16.9 Å². The summed E-state index contributed by atoms with van der Waals surface area (Å²) in [5.74, 6) is 2.17. The number of rotatable bonds is 5. The molecule has 1 fully saturated rings. The monoisotopic (exact) mass is 339 g/mol. The van der Waals surface area contributed by atoms with E-state index < -0.39 is 0 Å². The first-order chi connectivity index (χ1) is 12.1. The number of methoxy groups -OCH3 is 1. The van der Waals surface area contributed by atoms with Crippen LogP contribution in [0.25, 0.3) is 11.0 Å². The van der Waals surface area contributed by atoms with Crippen molar-refractivity contribution in [2.45, 2.75) is 25.8 Å². The highest BCUT2D eigenvalue weighted by atomic mass is 16.5. The lowest BCUT2D eigenvalue weighted by molar-refractivity contribution is 0.0902. The molecule has 0 bridgehead atoms. The maximum Gasteiger partial charge on any atom is 0.287 e. The zero-order chi connectivity index (χ0) is 17.6. The van der Waals surface area contributed by atoms with Crippen molar-refractivity contribution in [2.24, 2.45) is 13.0 Å². The molecule has 1 saturated carbocycles. The fourth-order valence-corrected chi connectivity index (χ4v) is 3.26. The number of hydrogen-bond donors (Lipinski definition) is 1. The van der Waals surface area contributed by atoms with Gasteiger partial charge in [0.05, 0.1) is 13.2 Å². The van der Waals surface area contributed by atoms with Crippen molar-refractivity contribution in [1.29, 1.82) is 0 Å². The van der Waals surface area contributed by atoms with Gasteiger partial charge in [0.15, 0.2) is 5.76 Å². The molecule has 130 valence electrons. The van der Waals surface area contributed by atoms with Crippen LogP contribution in [-0.4, -0.2) is 22.6 Å². The molecule has 6 nitrogen and oxygen atoms in total. The first kappa shape index (κ1) is 15.7. The minimum atomic E-state index is -0.201. The number of carbonyl (C=O) groups is 1. The molecular formula is C19H21N3O3. The Bertz CT molecular complexity index is 937. The number of hydrogen-bond acceptors (Lipinski definition) is 4. The van der Waals surface area contributed by atoms with Gasteiger partial charge in [0.2, 0.25) is 0 Å². The fraction of sp³-hybridized carbons (Fsp3) is 0.368. The second kappa shape index (κ2) is 5.95. The van der Waals surface area contributed by atoms with Crippen LogP contribution in [0.2, 0.25) is 0 Å². The number of furan rings is 1. The minimum Gasteiger partial charge on any atom is -0.497 e. The van der Waals surface area contributed by atoms with Crippen LogP contribution in [0.3, 0.4) is 0 Å². The van der Waals surface area contributed by atoms with Crippen LogP contribution in [0, 0.1) is 12.8 Å². The topological polar surface area (TPSA) is 69.3 Å². The predicted octanol–water partition coefficient (Wildman–Crippen LogP) is 3.36. The lowest BCUT2D eigenvalue weighted by atomic mass is 10.1. The van der Waals surface area contributed by atoms with Gasteiger partial charge in [-0.15, -0.1) is 0 Å². The minimum absolute atomic E-state index is 0.0883. The van der Waals surface area contributed by atoms with Crippen LogP contribution >= 0.6 is 0 Å². The third-order valence-corrected chi connectivity index (χ3v) is 4.87. The fourth-order valence-electron chi connectivity index (χ4n) is 3.26. The van der Waals surface area contributed by atoms with Crippen LogP contribution in [0.5, 0.6) is 5.75 Å². The van der Waals surface area contributed by atoms with E-state index >= 15 is 0 Å². The summed E-state index contributed by atoms with van der Waals surface area (Å²) in [6.07, 6.45) is 5.87. The molecule has 1 aliphatic carbocycles. The molecule has 0 saturated heterocycles. The van der Waals surface area contributed by atoms with Gasteiger partial charge >= 0.3 is 0 Å². The Morgan fingerprint density at radius 2 is 2.24 bits per heavy atom. The number of nitrogens with one attached hydrogen (secondary N) is 1. The Labute approximate surface area is 145 Å². The molecule has 1 aliphatic rings. The van der Waals surface area contributed by atoms with Crippen molar-refractivity contribution in [3.63, 3.8) is 0 Å². The number of aryl methyl sites for hydroxylation is 2. The van der Waals surface area contributed by atoms with E-state index in [4.69, 9.17) is 9.15 Å². The predicted molar refractivity (Wildman–Crippen MR) is 93.6 cm³/mol. The highest BCUT2D eigenvalue weighted by molar-refractivity contribution is 5.99. The molecule has 0 unspecified atom stereocenters. The van der Waals surface area contributed by atoms with Crippen LogP contribution in [-0.2, 0) is 7.05 Å². The largest absolute Gasteiger partial charge is 0.497 e. The van der Waals surface area contributed by atoms with E-state index in [1.54, 1.807) is 19.4 Å². The van der Waals surface area contributed by atoms with Gasteiger partial charge in [-0.05, 0) is 37.8 Å². The Hall–Kier alpha value is -2.76. The van der Waals surface area contributed by atoms with Gasteiger partial charge in [-0.2, -0.15) is 0 Å². The summed E-state index contributed by atoms with van der Waals surface area (Å²) in [6, 6.07) is 5.50. The smallest absolute Gasteiger partial charge is 0.287 e. The SMILES string of the molecule is COc1ccc2c(C)c(C(=O)N[C@@H](c3nccn3C)C3CC3)oc2c1. The zero-order valence-electron chi connectivity index (χ0n) is 14.6. The lowest BCUT2D eigenvalue weighted by Crippen LogP contribution is -2.31. The lowest BCUT2D eigenvalue weighted by Gasteiger charge is -2.17. The van der Waals surface area contributed by atoms with E-state index in [2.05, 4.69) is 10.3 Å². The summed E-state index contributed by atoms with van der Waals surface area (Å²) in [5.41, 5.74) is 1.49. The quantitative estimate of drug-likeness (QED) is 0.774. The van der Waals surface area contributed by atoms with Gasteiger partial charge in [0.25, 0.3) is 5.91 Å². The average Bonchev–Trinajstić information content (AvgIpc) is 3.29. The van der Waals surface area contributed by atoms with Crippen molar-refractivity contribution in [2.75, 3.05) is 7.11 Å². The van der Waals surface area contributed by atoms with Gasteiger partial charge in [-0.3, -0.25) is 4.79 Å². The Kier molecular flexibility index (Phi) is 3.75. The summed E-state index contributed by atoms with van der Waals surface area (Å²) in [6.45, 7) is 1.90. The highest BCUT2D eigenvalue weighted by Gasteiger charge is 2.36. The summed E-state index contributed by atoms with van der Waals surface area (Å²) in [5, 5.41) is 4.04. The maximum atomic E-state index is 12.9. The van der Waals surface area contributed by atoms with Crippen LogP contribution in [0.15, 0.2) is 35.0 Å². The Morgan fingerprint density at radius 1 is 1.44 bits per heavy atom. The molecule has 1 amide bonds. The highest BCUT2D eigenvalue weighted by Crippen LogP contribution is 2.40. The van der Waals surface area contributed by atoms with Crippen LogP contribution in [0.1, 0.15) is 40.8 Å². The molecule has 1 aromatic carbocycles. The van der Waals surface area contributed by atoms with E-state index in [0.717, 1.165) is 29.6 Å². The number of nitrogens with zero attached hydrogens (tertiary/aromatic N) is 2. The number of benzene rings is 1. The standard InChI is InChI=1S/C19H21N3O3/c1-11-14-7-6-13(24-3)10-15(14)25-17(11)19(23)21-16(12-4-5-12)18-20-8-9-22(18)2/h6-10,12,16H,4-5H2,1-3H3,(H,21,23)/t16-/m1/s1. The maximum absolute atomic E-state index is 12.9. The Morgan fingerprint density at radius 3 is 2.88 bits per heavy atom. The summed E-state index contributed by atoms with van der Waals surface area (Å²) in [7, 11) is 3.56. The van der Waals surface area contributed by atoms with Gasteiger partial charge < -0.3 is 19.0 Å².